The van der Waals surface area contributed by atoms with Crippen molar-refractivity contribution in [3.63, 3.8) is 0 Å². The summed E-state index contributed by atoms with van der Waals surface area (Å²) in [7, 11) is 0. The molecule has 1 atom stereocenters. The third kappa shape index (κ3) is 4.29. The van der Waals surface area contributed by atoms with E-state index >= 15 is 0 Å². The minimum absolute atomic E-state index is 0.151. The number of piperidine rings is 1. The molecule has 0 aromatic carbocycles. The van der Waals surface area contributed by atoms with Crippen LogP contribution in [0.15, 0.2) is 12.4 Å². The summed E-state index contributed by atoms with van der Waals surface area (Å²) < 4.78 is 1.93. The van der Waals surface area contributed by atoms with Crippen LogP contribution in [0.2, 0.25) is 0 Å². The highest BCUT2D eigenvalue weighted by Gasteiger charge is 2.29. The molecule has 0 saturated carbocycles. The Morgan fingerprint density at radius 2 is 2.09 bits per heavy atom. The zero-order valence-corrected chi connectivity index (χ0v) is 14.9. The van der Waals surface area contributed by atoms with Gasteiger partial charge in [-0.2, -0.15) is 5.10 Å². The summed E-state index contributed by atoms with van der Waals surface area (Å²) in [5.74, 6) is 1.21. The van der Waals surface area contributed by atoms with Crippen molar-refractivity contribution in [2.75, 3.05) is 31.9 Å². The van der Waals surface area contributed by atoms with Crippen LogP contribution in [0.25, 0.3) is 0 Å². The zero-order valence-electron chi connectivity index (χ0n) is 14.1. The molecule has 6 heteroatoms. The minimum atomic E-state index is 0.151. The molecule has 2 aliphatic heterocycles. The number of hydrogen-bond donors (Lipinski definition) is 0. The number of nitrogens with zero attached hydrogens (tertiary/aromatic N) is 4. The van der Waals surface area contributed by atoms with Gasteiger partial charge in [-0.15, -0.1) is 11.8 Å². The monoisotopic (exact) mass is 336 g/mol. The zero-order chi connectivity index (χ0) is 16.1. The Kier molecular flexibility index (Phi) is 6.00. The first-order valence-corrected chi connectivity index (χ1v) is 10.00. The van der Waals surface area contributed by atoms with Gasteiger partial charge in [-0.25, -0.2) is 0 Å². The quantitative estimate of drug-likeness (QED) is 0.801. The predicted octanol–water partition coefficient (Wildman–Crippen LogP) is 2.68. The minimum Gasteiger partial charge on any atom is -0.326 e. The SMILES string of the molecule is CCC[C@H]1SCCN1C(=O)c1cnn(CCN2CCCCC2)c1. The average Bonchev–Trinajstić information content (AvgIpc) is 3.23. The molecule has 2 aliphatic rings. The van der Waals surface area contributed by atoms with Gasteiger partial charge in [0, 0.05) is 25.0 Å². The summed E-state index contributed by atoms with van der Waals surface area (Å²) in [6.45, 7) is 7.37. The molecule has 0 bridgehead atoms. The van der Waals surface area contributed by atoms with Crippen molar-refractivity contribution in [3.8, 4) is 0 Å². The van der Waals surface area contributed by atoms with Gasteiger partial charge in [0.05, 0.1) is 23.7 Å². The number of rotatable bonds is 6. The third-order valence-electron chi connectivity index (χ3n) is 4.76. The van der Waals surface area contributed by atoms with Crippen molar-refractivity contribution in [2.45, 2.75) is 50.9 Å². The molecule has 0 spiro atoms. The molecular formula is C17H28N4OS. The lowest BCUT2D eigenvalue weighted by Crippen LogP contribution is -2.34. The van der Waals surface area contributed by atoms with Gasteiger partial charge in [-0.1, -0.05) is 19.8 Å². The fourth-order valence-electron chi connectivity index (χ4n) is 3.43. The van der Waals surface area contributed by atoms with E-state index in [0.29, 0.717) is 5.37 Å². The summed E-state index contributed by atoms with van der Waals surface area (Å²) in [6.07, 6.45) is 9.87. The third-order valence-corrected chi connectivity index (χ3v) is 6.05. The van der Waals surface area contributed by atoms with Crippen molar-refractivity contribution >= 4 is 17.7 Å². The first-order chi connectivity index (χ1) is 11.3. The molecule has 3 rings (SSSR count). The lowest BCUT2D eigenvalue weighted by molar-refractivity contribution is 0.0756. The van der Waals surface area contributed by atoms with Gasteiger partial charge in [0.25, 0.3) is 5.91 Å². The molecule has 1 amide bonds. The van der Waals surface area contributed by atoms with Crippen LogP contribution in [0.3, 0.4) is 0 Å². The van der Waals surface area contributed by atoms with Crippen LogP contribution in [-0.4, -0.2) is 62.8 Å². The number of thioether (sulfide) groups is 1. The first kappa shape index (κ1) is 16.8. The molecule has 2 fully saturated rings. The number of hydrogen-bond acceptors (Lipinski definition) is 4. The van der Waals surface area contributed by atoms with Crippen LogP contribution in [0.1, 0.15) is 49.4 Å². The van der Waals surface area contributed by atoms with Crippen molar-refractivity contribution in [1.82, 2.24) is 19.6 Å². The fourth-order valence-corrected chi connectivity index (χ4v) is 4.79. The van der Waals surface area contributed by atoms with Gasteiger partial charge in [-0.05, 0) is 32.4 Å². The van der Waals surface area contributed by atoms with E-state index in [0.717, 1.165) is 43.8 Å². The number of amides is 1. The van der Waals surface area contributed by atoms with Crippen LogP contribution in [0.4, 0.5) is 0 Å². The number of aromatic nitrogens is 2. The van der Waals surface area contributed by atoms with Gasteiger partial charge < -0.3 is 9.80 Å². The normalized spacial score (nSPS) is 22.7. The highest BCUT2D eigenvalue weighted by atomic mass is 32.2. The number of carbonyl (C=O) groups excluding carboxylic acids is 1. The summed E-state index contributed by atoms with van der Waals surface area (Å²) in [6, 6.07) is 0. The Morgan fingerprint density at radius 1 is 1.26 bits per heavy atom. The summed E-state index contributed by atoms with van der Waals surface area (Å²) >= 11 is 1.91. The van der Waals surface area contributed by atoms with Crippen LogP contribution < -0.4 is 0 Å². The Bertz CT molecular complexity index is 512. The lowest BCUT2D eigenvalue weighted by atomic mass is 10.1. The van der Waals surface area contributed by atoms with Crippen molar-refractivity contribution in [3.05, 3.63) is 18.0 Å². The highest BCUT2D eigenvalue weighted by molar-refractivity contribution is 8.00. The van der Waals surface area contributed by atoms with E-state index < -0.39 is 0 Å². The molecule has 1 aromatic rings. The van der Waals surface area contributed by atoms with Crippen molar-refractivity contribution in [1.29, 1.82) is 0 Å². The fraction of sp³-hybridized carbons (Fsp3) is 0.765. The molecule has 1 aromatic heterocycles. The van der Waals surface area contributed by atoms with Crippen LogP contribution in [-0.2, 0) is 6.54 Å². The van der Waals surface area contributed by atoms with E-state index in [-0.39, 0.29) is 5.91 Å². The maximum atomic E-state index is 12.7. The molecule has 5 nitrogen and oxygen atoms in total. The summed E-state index contributed by atoms with van der Waals surface area (Å²) in [5.41, 5.74) is 0.743. The second-order valence-corrected chi connectivity index (χ2v) is 7.79. The second-order valence-electron chi connectivity index (χ2n) is 6.51. The highest BCUT2D eigenvalue weighted by Crippen LogP contribution is 2.28. The van der Waals surface area contributed by atoms with E-state index in [1.807, 2.05) is 27.5 Å². The Labute approximate surface area is 143 Å². The second kappa shape index (κ2) is 8.20. The largest absolute Gasteiger partial charge is 0.326 e. The van der Waals surface area contributed by atoms with Gasteiger partial charge in [0.15, 0.2) is 0 Å². The molecule has 0 aliphatic carbocycles. The van der Waals surface area contributed by atoms with E-state index in [9.17, 15) is 4.79 Å². The topological polar surface area (TPSA) is 41.4 Å². The Balaban J connectivity index is 1.54. The predicted molar refractivity (Wildman–Crippen MR) is 94.7 cm³/mol. The maximum absolute atomic E-state index is 12.7. The first-order valence-electron chi connectivity index (χ1n) is 8.95. The summed E-state index contributed by atoms with van der Waals surface area (Å²) in [4.78, 5) is 17.2. The molecule has 3 heterocycles. The van der Waals surface area contributed by atoms with Gasteiger partial charge in [0.1, 0.15) is 0 Å². The van der Waals surface area contributed by atoms with Gasteiger partial charge in [-0.3, -0.25) is 9.48 Å². The molecule has 0 unspecified atom stereocenters. The van der Waals surface area contributed by atoms with Crippen molar-refractivity contribution in [2.24, 2.45) is 0 Å². The summed E-state index contributed by atoms with van der Waals surface area (Å²) in [5, 5.41) is 4.75. The molecule has 23 heavy (non-hydrogen) atoms. The Morgan fingerprint density at radius 3 is 2.87 bits per heavy atom. The Hall–Kier alpha value is -1.01. The van der Waals surface area contributed by atoms with Gasteiger partial charge in [0.2, 0.25) is 0 Å². The van der Waals surface area contributed by atoms with Crippen molar-refractivity contribution < 1.29 is 4.79 Å². The molecule has 0 radical (unpaired) electrons. The van der Waals surface area contributed by atoms with Gasteiger partial charge >= 0.3 is 0 Å². The standard InChI is InChI=1S/C17H28N4OS/c1-2-6-16-21(11-12-23-16)17(22)15-13-18-20(14-15)10-9-19-7-4-3-5-8-19/h13-14,16H,2-12H2,1H3/t16-/m1/s1. The number of carbonyl (C=O) groups is 1. The molecular weight excluding hydrogens is 308 g/mol. The van der Waals surface area contributed by atoms with E-state index in [1.165, 1.54) is 32.4 Å². The lowest BCUT2D eigenvalue weighted by Gasteiger charge is -2.26. The van der Waals surface area contributed by atoms with E-state index in [2.05, 4.69) is 16.9 Å². The maximum Gasteiger partial charge on any atom is 0.257 e. The molecule has 2 saturated heterocycles. The van der Waals surface area contributed by atoms with E-state index in [4.69, 9.17) is 0 Å². The van der Waals surface area contributed by atoms with E-state index in [1.54, 1.807) is 6.20 Å². The molecule has 0 N–H and O–H groups in total. The number of likely N-dealkylation sites (tertiary alicyclic amines) is 1. The average molecular weight is 337 g/mol. The molecule has 128 valence electrons. The smallest absolute Gasteiger partial charge is 0.257 e. The van der Waals surface area contributed by atoms with Crippen LogP contribution in [0, 0.1) is 0 Å². The van der Waals surface area contributed by atoms with Crippen LogP contribution in [0.5, 0.6) is 0 Å². The van der Waals surface area contributed by atoms with Crippen LogP contribution >= 0.6 is 11.8 Å².